The molecule has 0 unspecified atom stereocenters. The highest BCUT2D eigenvalue weighted by molar-refractivity contribution is 6.58. The number of benzene rings is 2. The predicted octanol–water partition coefficient (Wildman–Crippen LogP) is 0.793. The van der Waals surface area contributed by atoms with Crippen molar-refractivity contribution in [3.63, 3.8) is 0 Å². The maximum Gasteiger partial charge on any atom is 0.488 e. The minimum atomic E-state index is -1.48. The molecule has 3 N–H and O–H groups in total. The zero-order chi connectivity index (χ0) is 15.1. The Kier molecular flexibility index (Phi) is 5.37. The van der Waals surface area contributed by atoms with Crippen LogP contribution < -0.4 is 10.8 Å². The van der Waals surface area contributed by atoms with E-state index in [2.05, 4.69) is 5.32 Å². The van der Waals surface area contributed by atoms with Gasteiger partial charge in [-0.25, -0.2) is 4.79 Å². The maximum atomic E-state index is 11.6. The molecule has 0 heterocycles. The second-order valence-corrected chi connectivity index (χ2v) is 4.53. The van der Waals surface area contributed by atoms with Crippen molar-refractivity contribution in [2.24, 2.45) is 0 Å². The third-order valence-electron chi connectivity index (χ3n) is 2.93. The van der Waals surface area contributed by atoms with Gasteiger partial charge in [0.25, 0.3) is 0 Å². The fourth-order valence-corrected chi connectivity index (χ4v) is 1.76. The molecule has 0 atom stereocenters. The Bertz CT molecular complexity index is 572. The standard InChI is InChI=1S/C15H16BNO4/c18-15(21-11-13-4-2-1-3-5-13)17-10-12-6-8-14(9-7-12)16(19)20/h1-9,19-20H,10-11H2,(H,17,18). The molecular weight excluding hydrogens is 269 g/mol. The molecule has 1 amide bonds. The van der Waals surface area contributed by atoms with Gasteiger partial charge in [-0.3, -0.25) is 0 Å². The maximum absolute atomic E-state index is 11.6. The van der Waals surface area contributed by atoms with E-state index >= 15 is 0 Å². The fourth-order valence-electron chi connectivity index (χ4n) is 1.76. The van der Waals surface area contributed by atoms with Crippen molar-refractivity contribution >= 4 is 18.7 Å². The monoisotopic (exact) mass is 285 g/mol. The van der Waals surface area contributed by atoms with Crippen LogP contribution in [0.4, 0.5) is 4.79 Å². The Labute approximate surface area is 123 Å². The van der Waals surface area contributed by atoms with Crippen molar-refractivity contribution in [1.82, 2.24) is 5.32 Å². The van der Waals surface area contributed by atoms with Crippen LogP contribution in [0.1, 0.15) is 11.1 Å². The van der Waals surface area contributed by atoms with Gasteiger partial charge in [0.15, 0.2) is 0 Å². The third kappa shape index (κ3) is 4.94. The van der Waals surface area contributed by atoms with Crippen LogP contribution in [0.5, 0.6) is 0 Å². The first-order valence-corrected chi connectivity index (χ1v) is 6.54. The van der Waals surface area contributed by atoms with E-state index in [0.29, 0.717) is 12.0 Å². The molecule has 2 rings (SSSR count). The van der Waals surface area contributed by atoms with Gasteiger partial charge >= 0.3 is 13.2 Å². The number of amides is 1. The number of hydrogen-bond acceptors (Lipinski definition) is 4. The molecular formula is C15H16BNO4. The summed E-state index contributed by atoms with van der Waals surface area (Å²) in [6.45, 7) is 0.539. The first-order chi connectivity index (χ1) is 10.1. The van der Waals surface area contributed by atoms with Crippen LogP contribution >= 0.6 is 0 Å². The minimum absolute atomic E-state index is 0.225. The Hall–Kier alpha value is -2.31. The Morgan fingerprint density at radius 3 is 2.29 bits per heavy atom. The SMILES string of the molecule is O=C(NCc1ccc(B(O)O)cc1)OCc1ccccc1. The van der Waals surface area contributed by atoms with E-state index in [4.69, 9.17) is 14.8 Å². The Morgan fingerprint density at radius 2 is 1.67 bits per heavy atom. The molecule has 0 aliphatic rings. The smallest absolute Gasteiger partial charge is 0.445 e. The second-order valence-electron chi connectivity index (χ2n) is 4.53. The highest BCUT2D eigenvalue weighted by Gasteiger charge is 2.10. The molecule has 0 aliphatic carbocycles. The van der Waals surface area contributed by atoms with Gasteiger partial charge in [-0.1, -0.05) is 54.6 Å². The molecule has 21 heavy (non-hydrogen) atoms. The van der Waals surface area contributed by atoms with Gasteiger partial charge in [-0.2, -0.15) is 0 Å². The molecule has 108 valence electrons. The van der Waals surface area contributed by atoms with E-state index in [1.807, 2.05) is 30.3 Å². The minimum Gasteiger partial charge on any atom is -0.445 e. The van der Waals surface area contributed by atoms with E-state index in [0.717, 1.165) is 11.1 Å². The lowest BCUT2D eigenvalue weighted by atomic mass is 9.80. The van der Waals surface area contributed by atoms with E-state index in [1.54, 1.807) is 24.3 Å². The average Bonchev–Trinajstić information content (AvgIpc) is 2.52. The molecule has 0 saturated heterocycles. The van der Waals surface area contributed by atoms with Gasteiger partial charge in [-0.05, 0) is 16.6 Å². The molecule has 0 bridgehead atoms. The van der Waals surface area contributed by atoms with Gasteiger partial charge in [0.1, 0.15) is 6.61 Å². The Morgan fingerprint density at radius 1 is 1.00 bits per heavy atom. The summed E-state index contributed by atoms with van der Waals surface area (Å²) >= 11 is 0. The summed E-state index contributed by atoms with van der Waals surface area (Å²) in [5.41, 5.74) is 2.18. The van der Waals surface area contributed by atoms with Crippen molar-refractivity contribution in [3.8, 4) is 0 Å². The summed E-state index contributed by atoms with van der Waals surface area (Å²) in [6.07, 6.45) is -0.495. The summed E-state index contributed by atoms with van der Waals surface area (Å²) in [4.78, 5) is 11.6. The fraction of sp³-hybridized carbons (Fsp3) is 0.133. The van der Waals surface area contributed by atoms with E-state index < -0.39 is 13.2 Å². The quantitative estimate of drug-likeness (QED) is 0.710. The van der Waals surface area contributed by atoms with Crippen molar-refractivity contribution in [3.05, 3.63) is 65.7 Å². The van der Waals surface area contributed by atoms with Crippen molar-refractivity contribution in [1.29, 1.82) is 0 Å². The van der Waals surface area contributed by atoms with Crippen LogP contribution in [0.25, 0.3) is 0 Å². The first-order valence-electron chi connectivity index (χ1n) is 6.54. The van der Waals surface area contributed by atoms with E-state index in [9.17, 15) is 4.79 Å². The van der Waals surface area contributed by atoms with Crippen LogP contribution in [0.3, 0.4) is 0 Å². The molecule has 0 fully saturated rings. The van der Waals surface area contributed by atoms with Gasteiger partial charge in [0, 0.05) is 6.54 Å². The normalized spacial score (nSPS) is 10.0. The van der Waals surface area contributed by atoms with Gasteiger partial charge in [-0.15, -0.1) is 0 Å². The number of ether oxygens (including phenoxy) is 1. The van der Waals surface area contributed by atoms with E-state index in [-0.39, 0.29) is 6.61 Å². The topological polar surface area (TPSA) is 78.8 Å². The number of nitrogens with one attached hydrogen (secondary N) is 1. The largest absolute Gasteiger partial charge is 0.488 e. The molecule has 2 aromatic carbocycles. The summed E-state index contributed by atoms with van der Waals surface area (Å²) in [5.74, 6) is 0. The summed E-state index contributed by atoms with van der Waals surface area (Å²) in [6, 6.07) is 16.0. The van der Waals surface area contributed by atoms with Crippen molar-refractivity contribution < 1.29 is 19.6 Å². The number of rotatable bonds is 5. The van der Waals surface area contributed by atoms with Crippen LogP contribution in [-0.4, -0.2) is 23.3 Å². The molecule has 0 radical (unpaired) electrons. The number of carbonyl (C=O) groups excluding carboxylic acids is 1. The van der Waals surface area contributed by atoms with Crippen LogP contribution in [0, 0.1) is 0 Å². The lowest BCUT2D eigenvalue weighted by Crippen LogP contribution is -2.30. The number of alkyl carbamates (subject to hydrolysis) is 1. The van der Waals surface area contributed by atoms with Crippen molar-refractivity contribution in [2.75, 3.05) is 0 Å². The zero-order valence-electron chi connectivity index (χ0n) is 11.4. The highest BCUT2D eigenvalue weighted by atomic mass is 16.5. The lowest BCUT2D eigenvalue weighted by molar-refractivity contribution is 0.139. The molecule has 0 aromatic heterocycles. The average molecular weight is 285 g/mol. The van der Waals surface area contributed by atoms with Crippen LogP contribution in [-0.2, 0) is 17.9 Å². The molecule has 0 spiro atoms. The molecule has 6 heteroatoms. The van der Waals surface area contributed by atoms with E-state index in [1.165, 1.54) is 0 Å². The summed E-state index contributed by atoms with van der Waals surface area (Å²) in [5, 5.41) is 20.6. The Balaban J connectivity index is 1.76. The van der Waals surface area contributed by atoms with Gasteiger partial charge in [0.2, 0.25) is 0 Å². The highest BCUT2D eigenvalue weighted by Crippen LogP contribution is 2.01. The lowest BCUT2D eigenvalue weighted by Gasteiger charge is -2.08. The first kappa shape index (κ1) is 15.1. The summed E-state index contributed by atoms with van der Waals surface area (Å²) in [7, 11) is -1.48. The second kappa shape index (κ2) is 7.47. The van der Waals surface area contributed by atoms with Crippen LogP contribution in [0.15, 0.2) is 54.6 Å². The molecule has 5 nitrogen and oxygen atoms in total. The third-order valence-corrected chi connectivity index (χ3v) is 2.93. The molecule has 0 saturated carbocycles. The summed E-state index contributed by atoms with van der Waals surface area (Å²) < 4.78 is 5.08. The van der Waals surface area contributed by atoms with Crippen LogP contribution in [0.2, 0.25) is 0 Å². The molecule has 0 aliphatic heterocycles. The van der Waals surface area contributed by atoms with Gasteiger partial charge < -0.3 is 20.1 Å². The predicted molar refractivity (Wildman–Crippen MR) is 79.7 cm³/mol. The van der Waals surface area contributed by atoms with Gasteiger partial charge in [0.05, 0.1) is 0 Å². The number of hydrogen-bond donors (Lipinski definition) is 3. The molecule has 2 aromatic rings. The number of carbonyl (C=O) groups is 1. The van der Waals surface area contributed by atoms with Crippen molar-refractivity contribution in [2.45, 2.75) is 13.2 Å². The zero-order valence-corrected chi connectivity index (χ0v) is 11.4.